The van der Waals surface area contributed by atoms with Crippen molar-refractivity contribution in [3.05, 3.63) is 36.4 Å². The van der Waals surface area contributed by atoms with Gasteiger partial charge >= 0.3 is 0 Å². The highest BCUT2D eigenvalue weighted by Gasteiger charge is 2.17. The van der Waals surface area contributed by atoms with Crippen LogP contribution in [0, 0.1) is 0 Å². The van der Waals surface area contributed by atoms with Crippen molar-refractivity contribution in [3.63, 3.8) is 0 Å². The first-order valence-electron chi connectivity index (χ1n) is 8.94. The third kappa shape index (κ3) is 3.74. The van der Waals surface area contributed by atoms with Gasteiger partial charge in [0.05, 0.1) is 26.8 Å². The van der Waals surface area contributed by atoms with E-state index < -0.39 is 0 Å². The number of ether oxygens (including phenoxy) is 3. The molecular formula is C21H25N3O3. The van der Waals surface area contributed by atoms with E-state index in [9.17, 15) is 0 Å². The standard InChI is InChI=1S/C21H25N3O3/c1-6-13(2)22-21-15-9-7-8-10-16(15)23-20(24-21)14-11-17(25-3)19(27-5)18(12-14)26-4/h7-13H,6H2,1-5H3,(H,22,23,24). The summed E-state index contributed by atoms with van der Waals surface area (Å²) >= 11 is 0. The van der Waals surface area contributed by atoms with E-state index in [1.165, 1.54) is 0 Å². The number of rotatable bonds is 7. The molecule has 3 aromatic rings. The van der Waals surface area contributed by atoms with Crippen LogP contribution in [0.15, 0.2) is 36.4 Å². The Morgan fingerprint density at radius 1 is 0.963 bits per heavy atom. The molecule has 1 unspecified atom stereocenters. The van der Waals surface area contributed by atoms with E-state index >= 15 is 0 Å². The Morgan fingerprint density at radius 2 is 1.63 bits per heavy atom. The Morgan fingerprint density at radius 3 is 2.22 bits per heavy atom. The summed E-state index contributed by atoms with van der Waals surface area (Å²) in [7, 11) is 4.78. The quantitative estimate of drug-likeness (QED) is 0.662. The van der Waals surface area contributed by atoms with Crippen molar-refractivity contribution in [2.24, 2.45) is 0 Å². The van der Waals surface area contributed by atoms with E-state index in [0.29, 0.717) is 29.1 Å². The van der Waals surface area contributed by atoms with E-state index in [1.807, 2.05) is 36.4 Å². The number of hydrogen-bond acceptors (Lipinski definition) is 6. The monoisotopic (exact) mass is 367 g/mol. The maximum absolute atomic E-state index is 5.46. The summed E-state index contributed by atoms with van der Waals surface area (Å²) in [6.07, 6.45) is 0.998. The summed E-state index contributed by atoms with van der Waals surface area (Å²) < 4.78 is 16.3. The first-order chi connectivity index (χ1) is 13.1. The third-order valence-corrected chi connectivity index (χ3v) is 4.52. The maximum Gasteiger partial charge on any atom is 0.203 e. The molecule has 0 saturated carbocycles. The van der Waals surface area contributed by atoms with Crippen LogP contribution in [0.4, 0.5) is 5.82 Å². The molecule has 1 N–H and O–H groups in total. The molecule has 0 saturated heterocycles. The lowest BCUT2D eigenvalue weighted by Gasteiger charge is -2.17. The summed E-state index contributed by atoms with van der Waals surface area (Å²) in [5.41, 5.74) is 1.67. The number of para-hydroxylation sites is 1. The fourth-order valence-corrected chi connectivity index (χ4v) is 2.86. The fourth-order valence-electron chi connectivity index (χ4n) is 2.86. The van der Waals surface area contributed by atoms with Crippen LogP contribution in [-0.4, -0.2) is 37.3 Å². The predicted octanol–water partition coefficient (Wildman–Crippen LogP) is 4.53. The zero-order valence-electron chi connectivity index (χ0n) is 16.4. The van der Waals surface area contributed by atoms with Crippen molar-refractivity contribution in [3.8, 4) is 28.6 Å². The number of aromatic nitrogens is 2. The van der Waals surface area contributed by atoms with Gasteiger partial charge in [-0.1, -0.05) is 19.1 Å². The number of nitrogens with one attached hydrogen (secondary N) is 1. The molecule has 0 aliphatic carbocycles. The third-order valence-electron chi connectivity index (χ3n) is 4.52. The normalized spacial score (nSPS) is 11.9. The molecule has 0 aliphatic heterocycles. The Kier molecular flexibility index (Phi) is 5.64. The molecule has 0 fully saturated rings. The van der Waals surface area contributed by atoms with Crippen LogP contribution in [0.2, 0.25) is 0 Å². The lowest BCUT2D eigenvalue weighted by molar-refractivity contribution is 0.324. The molecule has 0 spiro atoms. The largest absolute Gasteiger partial charge is 0.493 e. The molecule has 142 valence electrons. The van der Waals surface area contributed by atoms with Crippen LogP contribution < -0.4 is 19.5 Å². The van der Waals surface area contributed by atoms with E-state index in [-0.39, 0.29) is 0 Å². The van der Waals surface area contributed by atoms with Gasteiger partial charge in [0.25, 0.3) is 0 Å². The van der Waals surface area contributed by atoms with Gasteiger partial charge in [-0.3, -0.25) is 0 Å². The van der Waals surface area contributed by atoms with Crippen LogP contribution >= 0.6 is 0 Å². The van der Waals surface area contributed by atoms with Crippen molar-refractivity contribution in [2.45, 2.75) is 26.3 Å². The Labute approximate surface area is 159 Å². The molecule has 1 heterocycles. The predicted molar refractivity (Wildman–Crippen MR) is 108 cm³/mol. The zero-order valence-corrected chi connectivity index (χ0v) is 16.4. The van der Waals surface area contributed by atoms with Gasteiger partial charge in [-0.25, -0.2) is 9.97 Å². The van der Waals surface area contributed by atoms with Crippen molar-refractivity contribution in [2.75, 3.05) is 26.6 Å². The number of anilines is 1. The van der Waals surface area contributed by atoms with Crippen molar-refractivity contribution < 1.29 is 14.2 Å². The molecule has 1 atom stereocenters. The highest BCUT2D eigenvalue weighted by atomic mass is 16.5. The smallest absolute Gasteiger partial charge is 0.203 e. The summed E-state index contributed by atoms with van der Waals surface area (Å²) in [6, 6.07) is 12.0. The van der Waals surface area contributed by atoms with Gasteiger partial charge in [-0.05, 0) is 37.6 Å². The van der Waals surface area contributed by atoms with Crippen molar-refractivity contribution in [1.82, 2.24) is 9.97 Å². The summed E-state index contributed by atoms with van der Waals surface area (Å²) in [6.45, 7) is 4.27. The minimum atomic E-state index is 0.302. The van der Waals surface area contributed by atoms with Crippen LogP contribution in [0.5, 0.6) is 17.2 Å². The van der Waals surface area contributed by atoms with Crippen molar-refractivity contribution >= 4 is 16.7 Å². The van der Waals surface area contributed by atoms with Crippen LogP contribution in [0.3, 0.4) is 0 Å². The molecule has 0 bridgehead atoms. The molecule has 1 aromatic heterocycles. The second-order valence-corrected chi connectivity index (χ2v) is 6.28. The average Bonchev–Trinajstić information content (AvgIpc) is 2.72. The van der Waals surface area contributed by atoms with Gasteiger partial charge in [-0.2, -0.15) is 0 Å². The van der Waals surface area contributed by atoms with Gasteiger partial charge in [0.2, 0.25) is 5.75 Å². The molecule has 2 aromatic carbocycles. The molecule has 6 heteroatoms. The molecule has 6 nitrogen and oxygen atoms in total. The van der Waals surface area contributed by atoms with Gasteiger partial charge in [0.1, 0.15) is 5.82 Å². The minimum absolute atomic E-state index is 0.302. The Bertz CT molecular complexity index is 918. The highest BCUT2D eigenvalue weighted by Crippen LogP contribution is 2.41. The van der Waals surface area contributed by atoms with Gasteiger partial charge in [0.15, 0.2) is 17.3 Å². The van der Waals surface area contributed by atoms with E-state index in [1.54, 1.807) is 21.3 Å². The topological polar surface area (TPSA) is 65.5 Å². The van der Waals surface area contributed by atoms with E-state index in [4.69, 9.17) is 24.2 Å². The number of nitrogens with zero attached hydrogens (tertiary/aromatic N) is 2. The maximum atomic E-state index is 5.46. The zero-order chi connectivity index (χ0) is 19.4. The van der Waals surface area contributed by atoms with E-state index in [2.05, 4.69) is 19.2 Å². The molecule has 27 heavy (non-hydrogen) atoms. The second kappa shape index (κ2) is 8.12. The molecule has 0 aliphatic rings. The molecule has 3 rings (SSSR count). The molecular weight excluding hydrogens is 342 g/mol. The highest BCUT2D eigenvalue weighted by molar-refractivity contribution is 5.90. The first-order valence-corrected chi connectivity index (χ1v) is 8.94. The average molecular weight is 367 g/mol. The van der Waals surface area contributed by atoms with Crippen LogP contribution in [-0.2, 0) is 0 Å². The van der Waals surface area contributed by atoms with Crippen LogP contribution in [0.1, 0.15) is 20.3 Å². The molecule has 0 amide bonds. The minimum Gasteiger partial charge on any atom is -0.493 e. The second-order valence-electron chi connectivity index (χ2n) is 6.28. The fraction of sp³-hybridized carbons (Fsp3) is 0.333. The number of methoxy groups -OCH3 is 3. The Hall–Kier alpha value is -3.02. The van der Waals surface area contributed by atoms with Crippen molar-refractivity contribution in [1.29, 1.82) is 0 Å². The summed E-state index contributed by atoms with van der Waals surface area (Å²) in [4.78, 5) is 9.53. The SMILES string of the molecule is CCC(C)Nc1nc(-c2cc(OC)c(OC)c(OC)c2)nc2ccccc12. The van der Waals surface area contributed by atoms with Gasteiger partial charge in [0, 0.05) is 17.0 Å². The van der Waals surface area contributed by atoms with Gasteiger partial charge in [-0.15, -0.1) is 0 Å². The first kappa shape index (κ1) is 18.8. The number of hydrogen-bond donors (Lipinski definition) is 1. The van der Waals surface area contributed by atoms with Crippen LogP contribution in [0.25, 0.3) is 22.3 Å². The van der Waals surface area contributed by atoms with Gasteiger partial charge < -0.3 is 19.5 Å². The summed E-state index contributed by atoms with van der Waals surface area (Å²) in [5, 5.41) is 4.48. The van der Waals surface area contributed by atoms with E-state index in [0.717, 1.165) is 28.7 Å². The Balaban J connectivity index is 2.19. The summed E-state index contributed by atoms with van der Waals surface area (Å²) in [5.74, 6) is 3.10. The number of benzene rings is 2. The molecule has 0 radical (unpaired) electrons. The number of fused-ring (bicyclic) bond motifs is 1. The lowest BCUT2D eigenvalue weighted by Crippen LogP contribution is -2.15. The lowest BCUT2D eigenvalue weighted by atomic mass is 10.1.